The molecular formula is C22H24F3N5O5. The molecule has 0 saturated carbocycles. The molecule has 0 unspecified atom stereocenters. The number of carboxylic acid groups (broad SMARTS) is 1. The monoisotopic (exact) mass is 495 g/mol. The number of likely N-dealkylation sites (tertiary alicyclic amines) is 1. The van der Waals surface area contributed by atoms with Crippen molar-refractivity contribution in [3.63, 3.8) is 0 Å². The zero-order valence-electron chi connectivity index (χ0n) is 18.7. The van der Waals surface area contributed by atoms with Crippen LogP contribution < -0.4 is 10.5 Å². The molecule has 2 aromatic carbocycles. The van der Waals surface area contributed by atoms with Gasteiger partial charge >= 0.3 is 12.1 Å². The molecule has 10 nitrogen and oxygen atoms in total. The molecule has 0 spiro atoms. The highest BCUT2D eigenvalue weighted by Gasteiger charge is 2.38. The van der Waals surface area contributed by atoms with Gasteiger partial charge in [-0.15, -0.1) is 0 Å². The van der Waals surface area contributed by atoms with E-state index in [9.17, 15) is 13.2 Å². The molecular weight excluding hydrogens is 471 g/mol. The van der Waals surface area contributed by atoms with Crippen molar-refractivity contribution in [2.75, 3.05) is 26.9 Å². The number of nitrogens with zero attached hydrogens (tertiary/aromatic N) is 3. The molecule has 0 aliphatic carbocycles. The Morgan fingerprint density at radius 3 is 2.60 bits per heavy atom. The van der Waals surface area contributed by atoms with Crippen LogP contribution in [-0.4, -0.2) is 65.1 Å². The Labute approximate surface area is 197 Å². The molecule has 1 aliphatic heterocycles. The number of carboxylic acids is 1. The maximum Gasteiger partial charge on any atom is 0.490 e. The number of rotatable bonds is 6. The van der Waals surface area contributed by atoms with E-state index in [2.05, 4.69) is 10.1 Å². The molecule has 4 N–H and O–H groups in total. The summed E-state index contributed by atoms with van der Waals surface area (Å²) in [6, 6.07) is 11.8. The third-order valence-electron chi connectivity index (χ3n) is 5.16. The first-order valence-electron chi connectivity index (χ1n) is 10.5. The molecule has 1 fully saturated rings. The summed E-state index contributed by atoms with van der Waals surface area (Å²) in [5, 5.41) is 21.1. The molecule has 1 saturated heterocycles. The zero-order valence-corrected chi connectivity index (χ0v) is 18.7. The molecule has 1 atom stereocenters. The molecule has 3 aromatic rings. The van der Waals surface area contributed by atoms with E-state index in [1.54, 1.807) is 12.0 Å². The number of nitrogens with two attached hydrogens (primary N) is 1. The third kappa shape index (κ3) is 6.59. The Balaban J connectivity index is 0.000000429. The van der Waals surface area contributed by atoms with Crippen LogP contribution in [0, 0.1) is 5.41 Å². The average molecular weight is 495 g/mol. The van der Waals surface area contributed by atoms with Crippen molar-refractivity contribution < 1.29 is 37.1 Å². The van der Waals surface area contributed by atoms with E-state index >= 15 is 0 Å². The number of nitrogens with one attached hydrogen (secondary N) is 1. The van der Waals surface area contributed by atoms with Gasteiger partial charge in [-0.2, -0.15) is 18.2 Å². The van der Waals surface area contributed by atoms with Crippen LogP contribution in [0.15, 0.2) is 40.9 Å². The second-order valence-corrected chi connectivity index (χ2v) is 7.56. The number of halogens is 3. The van der Waals surface area contributed by atoms with Gasteiger partial charge in [-0.1, -0.05) is 23.4 Å². The van der Waals surface area contributed by atoms with Crippen LogP contribution in [0.3, 0.4) is 0 Å². The van der Waals surface area contributed by atoms with Crippen LogP contribution in [0.4, 0.5) is 13.2 Å². The van der Waals surface area contributed by atoms with Crippen LogP contribution in [-0.2, 0) is 9.53 Å². The summed E-state index contributed by atoms with van der Waals surface area (Å²) >= 11 is 0. The van der Waals surface area contributed by atoms with Crippen LogP contribution in [0.1, 0.15) is 24.8 Å². The number of aliphatic carboxylic acids is 1. The van der Waals surface area contributed by atoms with Gasteiger partial charge in [0.25, 0.3) is 0 Å². The van der Waals surface area contributed by atoms with E-state index in [0.717, 1.165) is 41.5 Å². The summed E-state index contributed by atoms with van der Waals surface area (Å²) in [6.07, 6.45) is -3.28. The summed E-state index contributed by atoms with van der Waals surface area (Å²) in [7, 11) is 1.65. The molecule has 1 aliphatic rings. The number of alkyl halides is 3. The highest BCUT2D eigenvalue weighted by Crippen LogP contribution is 2.32. The zero-order chi connectivity index (χ0) is 25.6. The summed E-state index contributed by atoms with van der Waals surface area (Å²) in [4.78, 5) is 15.2. The lowest BCUT2D eigenvalue weighted by Crippen LogP contribution is -2.35. The molecule has 188 valence electrons. The number of carbonyl (C=O) groups is 1. The largest absolute Gasteiger partial charge is 0.491 e. The highest BCUT2D eigenvalue weighted by molar-refractivity contribution is 5.87. The molecule has 0 bridgehead atoms. The van der Waals surface area contributed by atoms with Crippen molar-refractivity contribution >= 4 is 22.7 Å². The summed E-state index contributed by atoms with van der Waals surface area (Å²) < 4.78 is 47.9. The van der Waals surface area contributed by atoms with Gasteiger partial charge < -0.3 is 29.7 Å². The van der Waals surface area contributed by atoms with Gasteiger partial charge in [0.1, 0.15) is 18.4 Å². The number of hydrogen-bond acceptors (Lipinski definition) is 7. The van der Waals surface area contributed by atoms with Crippen molar-refractivity contribution in [2.24, 2.45) is 5.73 Å². The average Bonchev–Trinajstić information content (AvgIpc) is 3.48. The second-order valence-electron chi connectivity index (χ2n) is 7.56. The van der Waals surface area contributed by atoms with E-state index in [0.29, 0.717) is 24.9 Å². The van der Waals surface area contributed by atoms with Gasteiger partial charge in [0.15, 0.2) is 5.96 Å². The third-order valence-corrected chi connectivity index (χ3v) is 5.16. The number of ether oxygens (including phenoxy) is 2. The Morgan fingerprint density at radius 1 is 1.26 bits per heavy atom. The lowest BCUT2D eigenvalue weighted by molar-refractivity contribution is -0.192. The minimum atomic E-state index is -5.08. The maximum absolute atomic E-state index is 10.6. The first-order chi connectivity index (χ1) is 16.6. The minimum absolute atomic E-state index is 0.0384. The lowest BCUT2D eigenvalue weighted by Gasteiger charge is -2.21. The van der Waals surface area contributed by atoms with Gasteiger partial charge in [0, 0.05) is 19.2 Å². The van der Waals surface area contributed by atoms with Crippen LogP contribution >= 0.6 is 0 Å². The summed E-state index contributed by atoms with van der Waals surface area (Å²) in [6.45, 7) is 1.81. The maximum atomic E-state index is 10.6. The standard InChI is InChI=1S/C20H23N5O3.C2HF3O2/c1-26-9-10-27-16-7-6-13-11-15(5-4-14(13)12-16)18-23-19(28-24-18)17-3-2-8-25(17)20(21)22;3-2(4,5)1(6)7/h4-7,11-12,17H,2-3,8-10H2,1H3,(H3,21,22);(H,6,7)/t17-;/m0./s1. The number of hydrogen-bond donors (Lipinski definition) is 3. The molecule has 13 heteroatoms. The molecule has 2 heterocycles. The second kappa shape index (κ2) is 11.0. The van der Waals surface area contributed by atoms with Crippen LogP contribution in [0.5, 0.6) is 5.75 Å². The van der Waals surface area contributed by atoms with Gasteiger partial charge in [-0.3, -0.25) is 5.41 Å². The van der Waals surface area contributed by atoms with Crippen molar-refractivity contribution in [1.29, 1.82) is 5.41 Å². The van der Waals surface area contributed by atoms with Gasteiger partial charge in [-0.05, 0) is 41.8 Å². The number of guanidine groups is 1. The van der Waals surface area contributed by atoms with Crippen molar-refractivity contribution in [3.05, 3.63) is 42.3 Å². The minimum Gasteiger partial charge on any atom is -0.491 e. The molecule has 4 rings (SSSR count). The molecule has 0 radical (unpaired) electrons. The molecule has 35 heavy (non-hydrogen) atoms. The number of fused-ring (bicyclic) bond motifs is 1. The van der Waals surface area contributed by atoms with Crippen LogP contribution in [0.2, 0.25) is 0 Å². The van der Waals surface area contributed by atoms with E-state index in [1.165, 1.54) is 0 Å². The fourth-order valence-electron chi connectivity index (χ4n) is 3.50. The Kier molecular flexibility index (Phi) is 8.12. The van der Waals surface area contributed by atoms with Crippen LogP contribution in [0.25, 0.3) is 22.2 Å². The predicted octanol–water partition coefficient (Wildman–Crippen LogP) is 3.58. The number of aromatic nitrogens is 2. The summed E-state index contributed by atoms with van der Waals surface area (Å²) in [5.41, 5.74) is 6.54. The lowest BCUT2D eigenvalue weighted by atomic mass is 10.1. The van der Waals surface area contributed by atoms with Crippen molar-refractivity contribution in [3.8, 4) is 17.1 Å². The number of benzene rings is 2. The Morgan fingerprint density at radius 2 is 1.94 bits per heavy atom. The van der Waals surface area contributed by atoms with E-state index < -0.39 is 12.1 Å². The fraction of sp³-hybridized carbons (Fsp3) is 0.364. The normalized spacial score (nSPS) is 15.5. The van der Waals surface area contributed by atoms with Crippen molar-refractivity contribution in [1.82, 2.24) is 15.0 Å². The van der Waals surface area contributed by atoms with Gasteiger partial charge in [0.2, 0.25) is 11.7 Å². The summed E-state index contributed by atoms with van der Waals surface area (Å²) in [5.74, 6) is -0.869. The van der Waals surface area contributed by atoms with E-state index in [4.69, 9.17) is 35.0 Å². The Hall–Kier alpha value is -3.87. The first-order valence-corrected chi connectivity index (χ1v) is 10.5. The van der Waals surface area contributed by atoms with Gasteiger partial charge in [0.05, 0.1) is 6.61 Å². The fourth-order valence-corrected chi connectivity index (χ4v) is 3.50. The molecule has 1 aromatic heterocycles. The van der Waals surface area contributed by atoms with Gasteiger partial charge in [-0.25, -0.2) is 4.79 Å². The predicted molar refractivity (Wildman–Crippen MR) is 119 cm³/mol. The SMILES string of the molecule is COCCOc1ccc2cc(-c3noc([C@@H]4CCCN4C(=N)N)n3)ccc2c1.O=C(O)C(F)(F)F. The Bertz CT molecular complexity index is 1180. The quantitative estimate of drug-likeness (QED) is 0.265. The number of methoxy groups -OCH3 is 1. The first kappa shape index (κ1) is 25.7. The highest BCUT2D eigenvalue weighted by atomic mass is 19.4. The topological polar surface area (TPSA) is 148 Å². The van der Waals surface area contributed by atoms with E-state index in [1.807, 2.05) is 36.4 Å². The molecule has 0 amide bonds. The smallest absolute Gasteiger partial charge is 0.490 e. The van der Waals surface area contributed by atoms with Crippen molar-refractivity contribution in [2.45, 2.75) is 25.1 Å². The van der Waals surface area contributed by atoms with E-state index in [-0.39, 0.29) is 12.0 Å².